The van der Waals surface area contributed by atoms with Crippen LogP contribution in [0.4, 0.5) is 11.4 Å². The zero-order valence-corrected chi connectivity index (χ0v) is 15.0. The van der Waals surface area contributed by atoms with Gasteiger partial charge in [0.1, 0.15) is 0 Å². The second kappa shape index (κ2) is 7.84. The predicted octanol–water partition coefficient (Wildman–Crippen LogP) is 0.0546. The van der Waals surface area contributed by atoms with Crippen LogP contribution in [0.5, 0.6) is 0 Å². The van der Waals surface area contributed by atoms with Crippen molar-refractivity contribution in [2.45, 2.75) is 13.0 Å². The summed E-state index contributed by atoms with van der Waals surface area (Å²) in [5.74, 6) is -0.427. The van der Waals surface area contributed by atoms with E-state index in [1.165, 1.54) is 11.8 Å². The molecule has 2 bridgehead atoms. The van der Waals surface area contributed by atoms with Crippen molar-refractivity contribution >= 4 is 29.1 Å². The van der Waals surface area contributed by atoms with Crippen LogP contribution in [0.1, 0.15) is 6.92 Å². The van der Waals surface area contributed by atoms with Gasteiger partial charge in [-0.2, -0.15) is 0 Å². The van der Waals surface area contributed by atoms with Crippen LogP contribution in [0.2, 0.25) is 0 Å². The molecule has 0 saturated carbocycles. The zero-order chi connectivity index (χ0) is 18.7. The average Bonchev–Trinajstić information content (AvgIpc) is 2.83. The maximum atomic E-state index is 12.4. The van der Waals surface area contributed by atoms with Crippen LogP contribution >= 0.6 is 0 Å². The lowest BCUT2D eigenvalue weighted by atomic mass is 10.1. The average molecular weight is 360 g/mol. The molecule has 2 heterocycles. The molecule has 3 amide bonds. The molecule has 2 N–H and O–H groups in total. The van der Waals surface area contributed by atoms with E-state index in [-0.39, 0.29) is 36.2 Å². The Bertz CT molecular complexity index is 691. The molecule has 26 heavy (non-hydrogen) atoms. The van der Waals surface area contributed by atoms with Crippen LogP contribution in [0.15, 0.2) is 24.3 Å². The van der Waals surface area contributed by atoms with Gasteiger partial charge in [-0.25, -0.2) is 0 Å². The smallest absolute Gasteiger partial charge is 0.238 e. The number of ether oxygens (including phenoxy) is 1. The molecule has 0 aromatic heterocycles. The van der Waals surface area contributed by atoms with E-state index in [1.54, 1.807) is 31.3 Å². The second-order valence-electron chi connectivity index (χ2n) is 6.81. The van der Waals surface area contributed by atoms with Gasteiger partial charge >= 0.3 is 0 Å². The third kappa shape index (κ3) is 4.39. The number of fused-ring (bicyclic) bond motifs is 3. The van der Waals surface area contributed by atoms with Crippen molar-refractivity contribution in [2.75, 3.05) is 50.1 Å². The first-order chi connectivity index (χ1) is 12.4. The normalized spacial score (nSPS) is 22.9. The molecule has 1 aromatic carbocycles. The summed E-state index contributed by atoms with van der Waals surface area (Å²) in [6.07, 6.45) is 0. The molecule has 8 nitrogen and oxygen atoms in total. The number of benzene rings is 1. The molecule has 8 heteroatoms. The Hall–Kier alpha value is -2.45. The lowest BCUT2D eigenvalue weighted by Gasteiger charge is -2.26. The predicted molar refractivity (Wildman–Crippen MR) is 96.8 cm³/mol. The molecule has 1 aromatic rings. The Kier molecular flexibility index (Phi) is 5.53. The van der Waals surface area contributed by atoms with Crippen LogP contribution < -0.4 is 15.5 Å². The Morgan fingerprint density at radius 3 is 2.69 bits per heavy atom. The molecule has 0 aliphatic carbocycles. The fraction of sp³-hybridized carbons (Fsp3) is 0.500. The molecule has 2 aliphatic heterocycles. The van der Waals surface area contributed by atoms with Crippen LogP contribution in [-0.4, -0.2) is 68.6 Å². The van der Waals surface area contributed by atoms with E-state index >= 15 is 0 Å². The highest BCUT2D eigenvalue weighted by Gasteiger charge is 2.33. The molecular formula is C18H24N4O4. The number of carbonyl (C=O) groups is 3. The van der Waals surface area contributed by atoms with Gasteiger partial charge in [-0.15, -0.1) is 0 Å². The second-order valence-corrected chi connectivity index (χ2v) is 6.81. The Balaban J connectivity index is 1.57. The zero-order valence-electron chi connectivity index (χ0n) is 15.0. The first-order valence-corrected chi connectivity index (χ1v) is 8.67. The number of hydrogen-bond donors (Lipinski definition) is 2. The fourth-order valence-corrected chi connectivity index (χ4v) is 3.20. The lowest BCUT2D eigenvalue weighted by Crippen LogP contribution is -2.44. The van der Waals surface area contributed by atoms with Gasteiger partial charge in [0.05, 0.1) is 31.7 Å². The minimum Gasteiger partial charge on any atom is -0.378 e. The molecule has 0 unspecified atom stereocenters. The molecule has 2 saturated heterocycles. The molecule has 3 rings (SSSR count). The minimum atomic E-state index is -0.239. The van der Waals surface area contributed by atoms with Gasteiger partial charge in [0.15, 0.2) is 0 Å². The van der Waals surface area contributed by atoms with Crippen LogP contribution in [0, 0.1) is 5.92 Å². The van der Waals surface area contributed by atoms with Crippen molar-refractivity contribution in [2.24, 2.45) is 5.92 Å². The van der Waals surface area contributed by atoms with E-state index in [1.807, 2.05) is 4.90 Å². The van der Waals surface area contributed by atoms with Gasteiger partial charge in [0.25, 0.3) is 0 Å². The third-order valence-corrected chi connectivity index (χ3v) is 4.69. The summed E-state index contributed by atoms with van der Waals surface area (Å²) in [5, 5.41) is 5.81. The number of rotatable bonds is 4. The first-order valence-electron chi connectivity index (χ1n) is 8.67. The Morgan fingerprint density at radius 2 is 2.00 bits per heavy atom. The number of carbonyl (C=O) groups excluding carboxylic acids is 3. The Labute approximate surface area is 152 Å². The van der Waals surface area contributed by atoms with E-state index in [2.05, 4.69) is 10.6 Å². The summed E-state index contributed by atoms with van der Waals surface area (Å²) in [7, 11) is 1.70. The molecule has 2 atom stereocenters. The monoisotopic (exact) mass is 360 g/mol. The van der Waals surface area contributed by atoms with Crippen molar-refractivity contribution in [1.29, 1.82) is 0 Å². The summed E-state index contributed by atoms with van der Waals surface area (Å²) < 4.78 is 5.49. The fourth-order valence-electron chi connectivity index (χ4n) is 3.20. The van der Waals surface area contributed by atoms with Gasteiger partial charge in [-0.1, -0.05) is 0 Å². The SMILES string of the molecule is CC(=O)N(C)c1ccc(NC(=O)CN2C[C@H]3COC[C@@H](C2)C(=O)N3)cc1. The van der Waals surface area contributed by atoms with Crippen molar-refractivity contribution in [3.63, 3.8) is 0 Å². The molecule has 140 valence electrons. The highest BCUT2D eigenvalue weighted by atomic mass is 16.5. The standard InChI is InChI=1S/C18H24N4O4/c1-12(23)21(2)16-5-3-14(4-6-16)19-17(24)9-22-7-13-10-26-11-15(8-22)20-18(13)25/h3-6,13,15H,7-11H2,1-2H3,(H,19,24)(H,20,25)/t13-,15+/m1/s1. The van der Waals surface area contributed by atoms with Crippen molar-refractivity contribution in [1.82, 2.24) is 10.2 Å². The van der Waals surface area contributed by atoms with Gasteiger partial charge < -0.3 is 20.3 Å². The number of anilines is 2. The van der Waals surface area contributed by atoms with E-state index in [0.29, 0.717) is 32.0 Å². The van der Waals surface area contributed by atoms with Gasteiger partial charge in [-0.05, 0) is 24.3 Å². The summed E-state index contributed by atoms with van der Waals surface area (Å²) in [6.45, 7) is 3.70. The minimum absolute atomic E-state index is 0.000545. The molecule has 0 spiro atoms. The topological polar surface area (TPSA) is 91.0 Å². The molecule has 2 fully saturated rings. The van der Waals surface area contributed by atoms with E-state index in [9.17, 15) is 14.4 Å². The number of hydrogen-bond acceptors (Lipinski definition) is 5. The quantitative estimate of drug-likeness (QED) is 0.792. The maximum Gasteiger partial charge on any atom is 0.238 e. The van der Waals surface area contributed by atoms with Crippen LogP contribution in [-0.2, 0) is 19.1 Å². The van der Waals surface area contributed by atoms with E-state index < -0.39 is 0 Å². The first kappa shape index (κ1) is 18.3. The summed E-state index contributed by atoms with van der Waals surface area (Å²) in [5.41, 5.74) is 1.43. The number of nitrogens with one attached hydrogen (secondary N) is 2. The molecule has 2 aliphatic rings. The highest BCUT2D eigenvalue weighted by molar-refractivity contribution is 5.94. The van der Waals surface area contributed by atoms with E-state index in [0.717, 1.165) is 5.69 Å². The van der Waals surface area contributed by atoms with Gasteiger partial charge in [0.2, 0.25) is 17.7 Å². The number of amides is 3. The van der Waals surface area contributed by atoms with E-state index in [4.69, 9.17) is 4.74 Å². The van der Waals surface area contributed by atoms with Crippen LogP contribution in [0.25, 0.3) is 0 Å². The summed E-state index contributed by atoms with van der Waals surface area (Å²) in [4.78, 5) is 39.3. The lowest BCUT2D eigenvalue weighted by molar-refractivity contribution is -0.126. The summed E-state index contributed by atoms with van der Waals surface area (Å²) >= 11 is 0. The Morgan fingerprint density at radius 1 is 1.27 bits per heavy atom. The van der Waals surface area contributed by atoms with Gasteiger partial charge in [-0.3, -0.25) is 19.3 Å². The van der Waals surface area contributed by atoms with Gasteiger partial charge in [0, 0.05) is 38.4 Å². The number of nitrogens with zero attached hydrogens (tertiary/aromatic N) is 2. The largest absolute Gasteiger partial charge is 0.378 e. The summed E-state index contributed by atoms with van der Waals surface area (Å²) in [6, 6.07) is 7.02. The van der Waals surface area contributed by atoms with Crippen molar-refractivity contribution < 1.29 is 19.1 Å². The van der Waals surface area contributed by atoms with Crippen LogP contribution in [0.3, 0.4) is 0 Å². The highest BCUT2D eigenvalue weighted by Crippen LogP contribution is 2.17. The molecular weight excluding hydrogens is 336 g/mol. The molecule has 0 radical (unpaired) electrons. The third-order valence-electron chi connectivity index (χ3n) is 4.69. The van der Waals surface area contributed by atoms with Crippen molar-refractivity contribution in [3.8, 4) is 0 Å². The maximum absolute atomic E-state index is 12.4. The van der Waals surface area contributed by atoms with Crippen molar-refractivity contribution in [3.05, 3.63) is 24.3 Å².